The molecular weight excluding hydrogens is 260 g/mol. The fourth-order valence-corrected chi connectivity index (χ4v) is 1.76. The molecule has 0 atom stereocenters. The van der Waals surface area contributed by atoms with Crippen LogP contribution in [0.2, 0.25) is 0 Å². The summed E-state index contributed by atoms with van der Waals surface area (Å²) in [5.74, 6) is -1.34. The highest BCUT2D eigenvalue weighted by Crippen LogP contribution is 2.26. The number of aromatic nitrogens is 1. The number of carboxylic acid groups (broad SMARTS) is 1. The van der Waals surface area contributed by atoms with Crippen molar-refractivity contribution in [1.29, 1.82) is 0 Å². The molecule has 6 nitrogen and oxygen atoms in total. The summed E-state index contributed by atoms with van der Waals surface area (Å²) < 4.78 is 0. The Kier molecular flexibility index (Phi) is 5.49. The van der Waals surface area contributed by atoms with E-state index in [-0.39, 0.29) is 29.1 Å². The molecule has 0 aliphatic heterocycles. The van der Waals surface area contributed by atoms with Crippen LogP contribution in [-0.2, 0) is 4.79 Å². The molecule has 0 aliphatic carbocycles. The van der Waals surface area contributed by atoms with E-state index in [1.165, 1.54) is 18.5 Å². The van der Waals surface area contributed by atoms with Crippen LogP contribution in [0.5, 0.6) is 5.75 Å². The van der Waals surface area contributed by atoms with Crippen LogP contribution in [0.25, 0.3) is 0 Å². The van der Waals surface area contributed by atoms with Gasteiger partial charge in [0.2, 0.25) is 0 Å². The van der Waals surface area contributed by atoms with Crippen molar-refractivity contribution in [2.75, 3.05) is 6.54 Å². The van der Waals surface area contributed by atoms with Gasteiger partial charge in [-0.25, -0.2) is 0 Å². The smallest absolute Gasteiger partial charge is 0.303 e. The van der Waals surface area contributed by atoms with Gasteiger partial charge in [0.15, 0.2) is 0 Å². The van der Waals surface area contributed by atoms with Crippen LogP contribution in [0.3, 0.4) is 0 Å². The van der Waals surface area contributed by atoms with E-state index >= 15 is 0 Å². The summed E-state index contributed by atoms with van der Waals surface area (Å²) in [4.78, 5) is 26.1. The molecule has 0 radical (unpaired) electrons. The molecule has 0 unspecified atom stereocenters. The zero-order valence-corrected chi connectivity index (χ0v) is 11.7. The van der Waals surface area contributed by atoms with Gasteiger partial charge in [0.25, 0.3) is 5.91 Å². The summed E-state index contributed by atoms with van der Waals surface area (Å²) in [5, 5.41) is 20.9. The zero-order valence-electron chi connectivity index (χ0n) is 11.7. The minimum Gasteiger partial charge on any atom is -0.505 e. The highest BCUT2D eigenvalue weighted by Gasteiger charge is 2.19. The lowest BCUT2D eigenvalue weighted by Gasteiger charge is -2.23. The van der Waals surface area contributed by atoms with Crippen molar-refractivity contribution in [3.05, 3.63) is 24.0 Å². The largest absolute Gasteiger partial charge is 0.505 e. The van der Waals surface area contributed by atoms with E-state index in [1.54, 1.807) is 0 Å². The van der Waals surface area contributed by atoms with E-state index in [2.05, 4.69) is 10.3 Å². The maximum Gasteiger partial charge on any atom is 0.303 e. The zero-order chi connectivity index (χ0) is 15.2. The van der Waals surface area contributed by atoms with E-state index < -0.39 is 5.97 Å². The predicted molar refractivity (Wildman–Crippen MR) is 73.5 cm³/mol. The second-order valence-electron chi connectivity index (χ2n) is 5.46. The average Bonchev–Trinajstić information content (AvgIpc) is 2.37. The lowest BCUT2D eigenvalue weighted by atomic mass is 9.84. The van der Waals surface area contributed by atoms with Gasteiger partial charge in [-0.1, -0.05) is 13.8 Å². The first-order chi connectivity index (χ1) is 9.32. The number of nitrogens with zero attached hydrogens (tertiary/aromatic N) is 1. The van der Waals surface area contributed by atoms with Gasteiger partial charge in [-0.15, -0.1) is 0 Å². The van der Waals surface area contributed by atoms with Crippen LogP contribution in [0, 0.1) is 5.41 Å². The number of hydrogen-bond donors (Lipinski definition) is 3. The van der Waals surface area contributed by atoms with Crippen molar-refractivity contribution in [2.24, 2.45) is 5.41 Å². The molecule has 1 amide bonds. The van der Waals surface area contributed by atoms with Crippen LogP contribution < -0.4 is 5.32 Å². The van der Waals surface area contributed by atoms with E-state index in [0.29, 0.717) is 19.4 Å². The molecule has 0 saturated carbocycles. The third kappa shape index (κ3) is 5.26. The maximum atomic E-state index is 11.8. The summed E-state index contributed by atoms with van der Waals surface area (Å²) in [6, 6.07) is 1.44. The SMILES string of the molecule is CC(C)(CCNC(=O)c1ccncc1O)CCC(=O)O. The van der Waals surface area contributed by atoms with Crippen molar-refractivity contribution in [3.8, 4) is 5.75 Å². The Labute approximate surface area is 117 Å². The third-order valence-electron chi connectivity index (χ3n) is 3.15. The molecule has 1 heterocycles. The molecule has 0 spiro atoms. The number of aliphatic carboxylic acids is 1. The van der Waals surface area contributed by atoms with Gasteiger partial charge in [0.1, 0.15) is 5.75 Å². The average molecular weight is 280 g/mol. The van der Waals surface area contributed by atoms with Crippen molar-refractivity contribution in [2.45, 2.75) is 33.1 Å². The number of carbonyl (C=O) groups is 2. The number of nitrogens with one attached hydrogen (secondary N) is 1. The lowest BCUT2D eigenvalue weighted by Crippen LogP contribution is -2.28. The highest BCUT2D eigenvalue weighted by atomic mass is 16.4. The standard InChI is InChI=1S/C14H20N2O4/c1-14(2,5-3-12(18)19)6-8-16-13(20)10-4-7-15-9-11(10)17/h4,7,9,17H,3,5-6,8H2,1-2H3,(H,16,20)(H,18,19). The normalized spacial score (nSPS) is 11.1. The second-order valence-corrected chi connectivity index (χ2v) is 5.46. The Morgan fingerprint density at radius 1 is 1.35 bits per heavy atom. The minimum atomic E-state index is -0.816. The number of rotatable bonds is 7. The minimum absolute atomic E-state index is 0.117. The quantitative estimate of drug-likeness (QED) is 0.707. The molecule has 0 fully saturated rings. The van der Waals surface area contributed by atoms with E-state index in [9.17, 15) is 14.7 Å². The summed E-state index contributed by atoms with van der Waals surface area (Å²) >= 11 is 0. The molecule has 3 N–H and O–H groups in total. The first-order valence-corrected chi connectivity index (χ1v) is 6.45. The first kappa shape index (κ1) is 15.9. The number of carboxylic acids is 1. The Hall–Kier alpha value is -2.11. The Morgan fingerprint density at radius 3 is 2.65 bits per heavy atom. The fourth-order valence-electron chi connectivity index (χ4n) is 1.76. The number of amides is 1. The fraction of sp³-hybridized carbons (Fsp3) is 0.500. The van der Waals surface area contributed by atoms with Crippen LogP contribution in [0.1, 0.15) is 43.5 Å². The molecule has 1 aromatic heterocycles. The van der Waals surface area contributed by atoms with Gasteiger partial charge in [-0.05, 0) is 24.3 Å². The molecule has 0 aromatic carbocycles. The molecular formula is C14H20N2O4. The molecule has 0 bridgehead atoms. The molecule has 6 heteroatoms. The molecule has 1 aromatic rings. The van der Waals surface area contributed by atoms with Gasteiger partial charge < -0.3 is 15.5 Å². The Balaban J connectivity index is 2.42. The van der Waals surface area contributed by atoms with Crippen LogP contribution in [0.4, 0.5) is 0 Å². The van der Waals surface area contributed by atoms with Crippen LogP contribution >= 0.6 is 0 Å². The monoisotopic (exact) mass is 280 g/mol. The second kappa shape index (κ2) is 6.88. The lowest BCUT2D eigenvalue weighted by molar-refractivity contribution is -0.137. The molecule has 0 saturated heterocycles. The van der Waals surface area contributed by atoms with E-state index in [1.807, 2.05) is 13.8 Å². The van der Waals surface area contributed by atoms with Gasteiger partial charge in [0.05, 0.1) is 11.8 Å². The van der Waals surface area contributed by atoms with Crippen molar-refractivity contribution >= 4 is 11.9 Å². The third-order valence-corrected chi connectivity index (χ3v) is 3.15. The summed E-state index contributed by atoms with van der Waals surface area (Å²) in [6.45, 7) is 4.35. The van der Waals surface area contributed by atoms with E-state index in [4.69, 9.17) is 5.11 Å². The van der Waals surface area contributed by atoms with Crippen molar-refractivity contribution < 1.29 is 19.8 Å². The topological polar surface area (TPSA) is 99.5 Å². The van der Waals surface area contributed by atoms with Crippen LogP contribution in [0.15, 0.2) is 18.5 Å². The van der Waals surface area contributed by atoms with Gasteiger partial charge in [0, 0.05) is 19.2 Å². The van der Waals surface area contributed by atoms with Gasteiger partial charge >= 0.3 is 5.97 Å². The summed E-state index contributed by atoms with van der Waals surface area (Å²) in [7, 11) is 0. The number of carbonyl (C=O) groups excluding carboxylic acids is 1. The Bertz CT molecular complexity index is 486. The Morgan fingerprint density at radius 2 is 2.05 bits per heavy atom. The highest BCUT2D eigenvalue weighted by molar-refractivity contribution is 5.96. The van der Waals surface area contributed by atoms with Gasteiger partial charge in [-0.3, -0.25) is 14.6 Å². The van der Waals surface area contributed by atoms with Crippen LogP contribution in [-0.4, -0.2) is 33.6 Å². The summed E-state index contributed by atoms with van der Waals surface area (Å²) in [6.07, 6.45) is 3.99. The van der Waals surface area contributed by atoms with Gasteiger partial charge in [-0.2, -0.15) is 0 Å². The van der Waals surface area contributed by atoms with Crippen molar-refractivity contribution in [1.82, 2.24) is 10.3 Å². The molecule has 0 aliphatic rings. The number of aromatic hydroxyl groups is 1. The first-order valence-electron chi connectivity index (χ1n) is 6.45. The maximum absolute atomic E-state index is 11.8. The summed E-state index contributed by atoms with van der Waals surface area (Å²) in [5.41, 5.74) is 0.0229. The van der Waals surface area contributed by atoms with E-state index in [0.717, 1.165) is 0 Å². The predicted octanol–water partition coefficient (Wildman–Crippen LogP) is 1.80. The van der Waals surface area contributed by atoms with Crippen molar-refractivity contribution in [3.63, 3.8) is 0 Å². The molecule has 110 valence electrons. The molecule has 20 heavy (non-hydrogen) atoms. The number of hydrogen-bond acceptors (Lipinski definition) is 4. The molecule has 1 rings (SSSR count). The number of pyridine rings is 1.